The number of hydrogen-bond donors (Lipinski definition) is 0. The number of hydrogen-bond acceptors (Lipinski definition) is 2. The Morgan fingerprint density at radius 2 is 0.936 bits per heavy atom. The van der Waals surface area contributed by atoms with Crippen molar-refractivity contribution in [2.75, 3.05) is 0 Å². The fourth-order valence-corrected chi connectivity index (χ4v) is 6.89. The fraction of sp³-hybridized carbons (Fsp3) is 0.182. The highest BCUT2D eigenvalue weighted by molar-refractivity contribution is 6.26. The summed E-state index contributed by atoms with van der Waals surface area (Å²) in [5.41, 5.74) is 8.33. The fourth-order valence-electron chi connectivity index (χ4n) is 6.89. The van der Waals surface area contributed by atoms with Gasteiger partial charge in [-0.25, -0.2) is 0 Å². The highest BCUT2D eigenvalue weighted by atomic mass is 15.3. The van der Waals surface area contributed by atoms with Crippen LogP contribution >= 0.6 is 0 Å². The summed E-state index contributed by atoms with van der Waals surface area (Å²) in [6, 6.07) is 46.2. The zero-order chi connectivity index (χ0) is 32.5. The molecule has 0 saturated carbocycles. The smallest absolute Gasteiger partial charge is 0.168 e. The molecular weight excluding hydrogens is 571 g/mol. The average Bonchev–Trinajstić information content (AvgIpc) is 3.52. The van der Waals surface area contributed by atoms with E-state index in [1.165, 1.54) is 54.6 Å². The molecule has 0 unspecified atom stereocenters. The molecule has 1 aromatic heterocycles. The van der Waals surface area contributed by atoms with E-state index >= 15 is 0 Å². The molecule has 0 aliphatic rings. The molecule has 0 atom stereocenters. The maximum atomic E-state index is 4.74. The third kappa shape index (κ3) is 4.98. The lowest BCUT2D eigenvalue weighted by Crippen LogP contribution is -2.12. The molecule has 0 fully saturated rings. The first-order chi connectivity index (χ1) is 22.6. The minimum Gasteiger partial charge on any atom is -0.275 e. The van der Waals surface area contributed by atoms with Gasteiger partial charge in [-0.2, -0.15) is 0 Å². The lowest BCUT2D eigenvalue weighted by atomic mass is 9.79. The Bertz CT molecular complexity index is 2390. The molecule has 1 heterocycles. The van der Waals surface area contributed by atoms with Gasteiger partial charge in [0.25, 0.3) is 0 Å². The van der Waals surface area contributed by atoms with Gasteiger partial charge in [0.05, 0.1) is 0 Å². The van der Waals surface area contributed by atoms with Gasteiger partial charge in [-0.05, 0) is 89.7 Å². The summed E-state index contributed by atoms with van der Waals surface area (Å²) < 4.78 is 2.16. The second-order valence-corrected chi connectivity index (χ2v) is 14.9. The van der Waals surface area contributed by atoms with Crippen LogP contribution in [-0.2, 0) is 10.8 Å². The van der Waals surface area contributed by atoms with Crippen LogP contribution in [0.15, 0.2) is 127 Å². The lowest BCUT2D eigenvalue weighted by Gasteiger charge is -2.25. The SMILES string of the molecule is CC(C)(C)c1cc2ccc3cc(C(C)(C)C)cc4c(-c5ccc(-c6nnc(-c7ccccc7)n6-c6ccccc6)cc5)cc(c1)c2c34. The molecule has 3 heteroatoms. The summed E-state index contributed by atoms with van der Waals surface area (Å²) >= 11 is 0. The van der Waals surface area contributed by atoms with Crippen molar-refractivity contribution < 1.29 is 0 Å². The molecule has 3 nitrogen and oxygen atoms in total. The Labute approximate surface area is 276 Å². The first kappa shape index (κ1) is 29.1. The van der Waals surface area contributed by atoms with Crippen LogP contribution in [0, 0.1) is 0 Å². The van der Waals surface area contributed by atoms with E-state index in [0.717, 1.165) is 28.5 Å². The zero-order valence-corrected chi connectivity index (χ0v) is 28.0. The Hall–Kier alpha value is -5.28. The third-order valence-corrected chi connectivity index (χ3v) is 9.55. The summed E-state index contributed by atoms with van der Waals surface area (Å²) in [4.78, 5) is 0. The summed E-state index contributed by atoms with van der Waals surface area (Å²) in [5.74, 6) is 1.65. The van der Waals surface area contributed by atoms with Crippen LogP contribution in [0.1, 0.15) is 52.7 Å². The average molecular weight is 610 g/mol. The maximum absolute atomic E-state index is 4.74. The van der Waals surface area contributed by atoms with E-state index in [1.54, 1.807) is 0 Å². The van der Waals surface area contributed by atoms with Crippen LogP contribution in [0.2, 0.25) is 0 Å². The first-order valence-corrected chi connectivity index (χ1v) is 16.5. The summed E-state index contributed by atoms with van der Waals surface area (Å²) in [5, 5.41) is 17.3. The van der Waals surface area contributed by atoms with Crippen molar-refractivity contribution in [3.63, 3.8) is 0 Å². The van der Waals surface area contributed by atoms with E-state index in [4.69, 9.17) is 5.10 Å². The van der Waals surface area contributed by atoms with Gasteiger partial charge in [0, 0.05) is 16.8 Å². The van der Waals surface area contributed by atoms with Crippen LogP contribution in [0.5, 0.6) is 0 Å². The quantitative estimate of drug-likeness (QED) is 0.186. The van der Waals surface area contributed by atoms with Crippen molar-refractivity contribution >= 4 is 32.3 Å². The summed E-state index contributed by atoms with van der Waals surface area (Å²) in [7, 11) is 0. The Morgan fingerprint density at radius 1 is 0.447 bits per heavy atom. The predicted molar refractivity (Wildman–Crippen MR) is 199 cm³/mol. The molecule has 47 heavy (non-hydrogen) atoms. The highest BCUT2D eigenvalue weighted by Gasteiger charge is 2.22. The van der Waals surface area contributed by atoms with Gasteiger partial charge in [0.1, 0.15) is 0 Å². The number of nitrogens with zero attached hydrogens (tertiary/aromatic N) is 3. The third-order valence-electron chi connectivity index (χ3n) is 9.55. The summed E-state index contributed by atoms with van der Waals surface area (Å²) in [6.07, 6.45) is 0. The van der Waals surface area contributed by atoms with Gasteiger partial charge in [0.2, 0.25) is 0 Å². The van der Waals surface area contributed by atoms with E-state index in [2.05, 4.69) is 154 Å². The second kappa shape index (κ2) is 10.6. The van der Waals surface area contributed by atoms with Crippen molar-refractivity contribution in [3.8, 4) is 39.6 Å². The molecule has 7 aromatic carbocycles. The van der Waals surface area contributed by atoms with Crippen molar-refractivity contribution in [2.45, 2.75) is 52.4 Å². The number of rotatable bonds is 4. The van der Waals surface area contributed by atoms with Crippen LogP contribution < -0.4 is 0 Å². The van der Waals surface area contributed by atoms with Crippen molar-refractivity contribution in [3.05, 3.63) is 139 Å². The summed E-state index contributed by atoms with van der Waals surface area (Å²) in [6.45, 7) is 13.8. The minimum atomic E-state index is 0.0307. The molecule has 0 bridgehead atoms. The molecule has 230 valence electrons. The second-order valence-electron chi connectivity index (χ2n) is 14.9. The van der Waals surface area contributed by atoms with E-state index in [9.17, 15) is 0 Å². The van der Waals surface area contributed by atoms with Gasteiger partial charge in [-0.1, -0.05) is 145 Å². The van der Waals surface area contributed by atoms with Crippen LogP contribution in [0.25, 0.3) is 71.9 Å². The minimum absolute atomic E-state index is 0.0307. The van der Waals surface area contributed by atoms with Gasteiger partial charge < -0.3 is 0 Å². The Balaban J connectivity index is 1.34. The standard InChI is InChI=1S/C44H39N3/c1-43(2,3)34-23-31-21-22-32-24-35(44(4,5)6)27-38-37(26-33(25-34)39(31)40(32)38)28-17-19-30(20-18-28)42-46-45-41(29-13-9-7-10-14-29)47(42)36-15-11-8-12-16-36/h7-27H,1-6H3. The van der Waals surface area contributed by atoms with Gasteiger partial charge in [0.15, 0.2) is 11.6 Å². The molecule has 8 aromatic rings. The van der Waals surface area contributed by atoms with Gasteiger partial charge in [-0.15, -0.1) is 10.2 Å². The van der Waals surface area contributed by atoms with Crippen molar-refractivity contribution in [1.29, 1.82) is 0 Å². The number of aromatic nitrogens is 3. The molecule has 0 saturated heterocycles. The molecule has 0 aliphatic heterocycles. The molecule has 0 aliphatic carbocycles. The molecule has 0 radical (unpaired) electrons. The van der Waals surface area contributed by atoms with E-state index in [1.807, 2.05) is 24.3 Å². The Kier molecular flexibility index (Phi) is 6.59. The van der Waals surface area contributed by atoms with E-state index in [-0.39, 0.29) is 10.8 Å². The molecule has 0 amide bonds. The Morgan fingerprint density at radius 3 is 1.53 bits per heavy atom. The van der Waals surface area contributed by atoms with Crippen molar-refractivity contribution in [2.24, 2.45) is 0 Å². The van der Waals surface area contributed by atoms with Crippen molar-refractivity contribution in [1.82, 2.24) is 14.8 Å². The monoisotopic (exact) mass is 609 g/mol. The van der Waals surface area contributed by atoms with Crippen LogP contribution in [0.4, 0.5) is 0 Å². The molecular formula is C44H39N3. The topological polar surface area (TPSA) is 30.7 Å². The molecule has 8 rings (SSSR count). The normalized spacial score (nSPS) is 12.5. The maximum Gasteiger partial charge on any atom is 0.168 e. The van der Waals surface area contributed by atoms with E-state index < -0.39 is 0 Å². The van der Waals surface area contributed by atoms with Crippen LogP contribution in [0.3, 0.4) is 0 Å². The lowest BCUT2D eigenvalue weighted by molar-refractivity contribution is 0.591. The zero-order valence-electron chi connectivity index (χ0n) is 28.0. The number of para-hydroxylation sites is 1. The molecule has 0 spiro atoms. The predicted octanol–water partition coefficient (Wildman–Crippen LogP) is 11.8. The van der Waals surface area contributed by atoms with Gasteiger partial charge >= 0.3 is 0 Å². The largest absolute Gasteiger partial charge is 0.275 e. The molecule has 0 N–H and O–H groups in total. The van der Waals surface area contributed by atoms with E-state index in [0.29, 0.717) is 0 Å². The highest BCUT2D eigenvalue weighted by Crippen LogP contribution is 2.44. The van der Waals surface area contributed by atoms with Gasteiger partial charge in [-0.3, -0.25) is 4.57 Å². The first-order valence-electron chi connectivity index (χ1n) is 16.5. The number of benzene rings is 7. The van der Waals surface area contributed by atoms with Crippen LogP contribution in [-0.4, -0.2) is 14.8 Å².